The number of ether oxygens (including phenoxy) is 1. The van der Waals surface area contributed by atoms with Crippen molar-refractivity contribution in [1.29, 1.82) is 0 Å². The third kappa shape index (κ3) is 2.52. The summed E-state index contributed by atoms with van der Waals surface area (Å²) in [7, 11) is 0. The molecule has 0 aromatic heterocycles. The predicted molar refractivity (Wildman–Crippen MR) is 56.0 cm³/mol. The van der Waals surface area contributed by atoms with Crippen LogP contribution in [0.15, 0.2) is 0 Å². The van der Waals surface area contributed by atoms with E-state index >= 15 is 0 Å². The van der Waals surface area contributed by atoms with Gasteiger partial charge in [0.15, 0.2) is 0 Å². The van der Waals surface area contributed by atoms with E-state index in [2.05, 4.69) is 5.32 Å². The summed E-state index contributed by atoms with van der Waals surface area (Å²) in [6.45, 7) is -0.0142. The molecule has 0 saturated heterocycles. The third-order valence-electron chi connectivity index (χ3n) is 3.29. The van der Waals surface area contributed by atoms with Crippen LogP contribution in [0.2, 0.25) is 0 Å². The van der Waals surface area contributed by atoms with Gasteiger partial charge in [0.25, 0.3) is 0 Å². The molecular weight excluding hydrogens is 210 g/mol. The Morgan fingerprint density at radius 3 is 2.44 bits per heavy atom. The van der Waals surface area contributed by atoms with Crippen LogP contribution in [0.3, 0.4) is 0 Å². The van der Waals surface area contributed by atoms with Gasteiger partial charge in [-0.25, -0.2) is 4.79 Å². The van der Waals surface area contributed by atoms with E-state index in [1.54, 1.807) is 0 Å². The number of amides is 1. The second kappa shape index (κ2) is 4.41. The molecule has 16 heavy (non-hydrogen) atoms. The van der Waals surface area contributed by atoms with Gasteiger partial charge in [0.2, 0.25) is 5.91 Å². The Hall–Kier alpha value is -1.10. The van der Waals surface area contributed by atoms with Crippen molar-refractivity contribution in [3.8, 4) is 0 Å². The minimum atomic E-state index is -0.990. The molecule has 2 rings (SSSR count). The van der Waals surface area contributed by atoms with Gasteiger partial charge in [-0.05, 0) is 25.7 Å². The van der Waals surface area contributed by atoms with Crippen LogP contribution < -0.4 is 5.32 Å². The van der Waals surface area contributed by atoms with E-state index in [1.165, 1.54) is 0 Å². The van der Waals surface area contributed by atoms with Gasteiger partial charge in [0.1, 0.15) is 12.1 Å². The van der Waals surface area contributed by atoms with Crippen molar-refractivity contribution < 1.29 is 19.4 Å². The molecule has 2 N–H and O–H groups in total. The predicted octanol–water partition coefficient (Wildman–Crippen LogP) is 0.679. The lowest BCUT2D eigenvalue weighted by atomic mass is 10.3. The van der Waals surface area contributed by atoms with Crippen molar-refractivity contribution in [3.05, 3.63) is 0 Å². The Morgan fingerprint density at radius 1 is 1.31 bits per heavy atom. The average Bonchev–Trinajstić information content (AvgIpc) is 2.84. The van der Waals surface area contributed by atoms with Gasteiger partial charge in [-0.15, -0.1) is 0 Å². The van der Waals surface area contributed by atoms with Crippen molar-refractivity contribution >= 4 is 11.9 Å². The van der Waals surface area contributed by atoms with E-state index in [0.717, 1.165) is 25.7 Å². The number of hydrogen-bond donors (Lipinski definition) is 2. The molecule has 0 aliphatic heterocycles. The highest BCUT2D eigenvalue weighted by atomic mass is 16.5. The molecule has 0 spiro atoms. The number of carbonyl (C=O) groups is 2. The summed E-state index contributed by atoms with van der Waals surface area (Å²) >= 11 is 0. The largest absolute Gasteiger partial charge is 0.480 e. The summed E-state index contributed by atoms with van der Waals surface area (Å²) in [5.41, 5.74) is -0.990. The van der Waals surface area contributed by atoms with Crippen molar-refractivity contribution in [2.45, 2.75) is 50.2 Å². The normalized spacial score (nSPS) is 23.0. The van der Waals surface area contributed by atoms with E-state index < -0.39 is 11.5 Å². The van der Waals surface area contributed by atoms with Gasteiger partial charge in [0.05, 0.1) is 6.10 Å². The van der Waals surface area contributed by atoms with E-state index in [0.29, 0.717) is 12.8 Å². The Kier molecular flexibility index (Phi) is 3.14. The van der Waals surface area contributed by atoms with Crippen molar-refractivity contribution in [3.63, 3.8) is 0 Å². The van der Waals surface area contributed by atoms with Crippen molar-refractivity contribution in [1.82, 2.24) is 5.32 Å². The molecule has 90 valence electrons. The highest BCUT2D eigenvalue weighted by Gasteiger charge is 2.51. The second-order valence-corrected chi connectivity index (χ2v) is 4.65. The molecule has 0 radical (unpaired) electrons. The topological polar surface area (TPSA) is 75.6 Å². The van der Waals surface area contributed by atoms with Crippen LogP contribution in [-0.4, -0.2) is 35.2 Å². The van der Waals surface area contributed by atoms with Gasteiger partial charge < -0.3 is 15.2 Å². The minimum absolute atomic E-state index is 0.0142. The summed E-state index contributed by atoms with van der Waals surface area (Å²) in [5.74, 6) is -1.26. The molecule has 0 aromatic carbocycles. The molecular formula is C11H17NO4. The van der Waals surface area contributed by atoms with Gasteiger partial charge >= 0.3 is 5.97 Å². The number of rotatable bonds is 5. The maximum atomic E-state index is 11.5. The third-order valence-corrected chi connectivity index (χ3v) is 3.29. The van der Waals surface area contributed by atoms with Gasteiger partial charge in [-0.1, -0.05) is 12.8 Å². The monoisotopic (exact) mass is 227 g/mol. The summed E-state index contributed by atoms with van der Waals surface area (Å²) in [6.07, 6.45) is 5.58. The first-order valence-corrected chi connectivity index (χ1v) is 5.78. The summed E-state index contributed by atoms with van der Waals surface area (Å²) < 4.78 is 5.41. The molecule has 5 heteroatoms. The number of carboxylic acids is 1. The van der Waals surface area contributed by atoms with Crippen LogP contribution in [0.4, 0.5) is 0 Å². The fourth-order valence-corrected chi connectivity index (χ4v) is 2.07. The molecule has 0 heterocycles. The fourth-order valence-electron chi connectivity index (χ4n) is 2.07. The first-order chi connectivity index (χ1) is 7.62. The first-order valence-electron chi connectivity index (χ1n) is 5.78. The van der Waals surface area contributed by atoms with Crippen LogP contribution in [0, 0.1) is 0 Å². The molecule has 1 amide bonds. The van der Waals surface area contributed by atoms with Crippen molar-refractivity contribution in [2.75, 3.05) is 6.61 Å². The van der Waals surface area contributed by atoms with Crippen LogP contribution in [-0.2, 0) is 14.3 Å². The zero-order valence-electron chi connectivity index (χ0n) is 9.20. The number of carboxylic acid groups (broad SMARTS) is 1. The Labute approximate surface area is 94.2 Å². The van der Waals surface area contributed by atoms with E-state index in [-0.39, 0.29) is 18.6 Å². The Morgan fingerprint density at radius 2 is 1.94 bits per heavy atom. The maximum Gasteiger partial charge on any atom is 0.329 e. The molecule has 2 saturated carbocycles. The van der Waals surface area contributed by atoms with E-state index in [1.807, 2.05) is 0 Å². The minimum Gasteiger partial charge on any atom is -0.480 e. The van der Waals surface area contributed by atoms with Crippen LogP contribution >= 0.6 is 0 Å². The average molecular weight is 227 g/mol. The lowest BCUT2D eigenvalue weighted by Gasteiger charge is -2.14. The van der Waals surface area contributed by atoms with Crippen molar-refractivity contribution in [2.24, 2.45) is 0 Å². The quantitative estimate of drug-likeness (QED) is 0.724. The number of carbonyl (C=O) groups excluding carboxylic acids is 1. The number of nitrogens with one attached hydrogen (secondary N) is 1. The molecule has 0 aromatic rings. The summed E-state index contributed by atoms with van der Waals surface area (Å²) in [6, 6.07) is 0. The zero-order chi connectivity index (χ0) is 11.6. The molecule has 0 atom stereocenters. The van der Waals surface area contributed by atoms with Gasteiger partial charge in [0, 0.05) is 0 Å². The standard InChI is InChI=1S/C11H17NO4/c13-9(7-16-8-3-1-2-4-8)12-11(5-6-11)10(14)15/h8H,1-7H2,(H,12,13)(H,14,15). The molecule has 2 fully saturated rings. The number of hydrogen-bond acceptors (Lipinski definition) is 3. The highest BCUT2D eigenvalue weighted by molar-refractivity contribution is 5.89. The molecule has 0 bridgehead atoms. The highest BCUT2D eigenvalue weighted by Crippen LogP contribution is 2.35. The lowest BCUT2D eigenvalue weighted by molar-refractivity contribution is -0.144. The molecule has 2 aliphatic carbocycles. The Balaban J connectivity index is 1.70. The van der Waals surface area contributed by atoms with Crippen LogP contribution in [0.1, 0.15) is 38.5 Å². The van der Waals surface area contributed by atoms with Gasteiger partial charge in [-0.2, -0.15) is 0 Å². The molecule has 0 unspecified atom stereocenters. The fraction of sp³-hybridized carbons (Fsp3) is 0.818. The smallest absolute Gasteiger partial charge is 0.329 e. The first kappa shape index (κ1) is 11.4. The lowest BCUT2D eigenvalue weighted by Crippen LogP contribution is -2.44. The van der Waals surface area contributed by atoms with Crippen LogP contribution in [0.25, 0.3) is 0 Å². The summed E-state index contributed by atoms with van der Waals surface area (Å²) in [5, 5.41) is 11.4. The SMILES string of the molecule is O=C(COC1CCCC1)NC1(C(=O)O)CC1. The van der Waals surface area contributed by atoms with Gasteiger partial charge in [-0.3, -0.25) is 4.79 Å². The Bertz CT molecular complexity index is 292. The molecule has 5 nitrogen and oxygen atoms in total. The van der Waals surface area contributed by atoms with Crippen LogP contribution in [0.5, 0.6) is 0 Å². The summed E-state index contributed by atoms with van der Waals surface area (Å²) in [4.78, 5) is 22.3. The van der Waals surface area contributed by atoms with E-state index in [4.69, 9.17) is 9.84 Å². The van der Waals surface area contributed by atoms with E-state index in [9.17, 15) is 9.59 Å². The zero-order valence-corrected chi connectivity index (χ0v) is 9.20. The second-order valence-electron chi connectivity index (χ2n) is 4.65. The number of aliphatic carboxylic acids is 1. The maximum absolute atomic E-state index is 11.5. The molecule has 2 aliphatic rings.